The van der Waals surface area contributed by atoms with Crippen LogP contribution in [0.5, 0.6) is 0 Å². The SMILES string of the molecule is Cc1ccc(S(=O)(=O)N[C@H]2CCc3ccccc3C2=O)cc1. The topological polar surface area (TPSA) is 63.2 Å². The lowest BCUT2D eigenvalue weighted by atomic mass is 9.88. The van der Waals surface area contributed by atoms with Gasteiger partial charge in [0.25, 0.3) is 0 Å². The van der Waals surface area contributed by atoms with Gasteiger partial charge in [-0.2, -0.15) is 0 Å². The number of Topliss-reactive ketones (excluding diaryl/α,β-unsaturated/α-hetero) is 1. The van der Waals surface area contributed by atoms with E-state index in [1.807, 2.05) is 19.1 Å². The smallest absolute Gasteiger partial charge is 0.241 e. The van der Waals surface area contributed by atoms with Crippen molar-refractivity contribution in [2.45, 2.75) is 30.7 Å². The van der Waals surface area contributed by atoms with E-state index in [-0.39, 0.29) is 10.7 Å². The van der Waals surface area contributed by atoms with Gasteiger partial charge in [-0.1, -0.05) is 42.0 Å². The molecule has 2 aromatic carbocycles. The molecule has 2 aromatic rings. The molecule has 1 aliphatic rings. The number of sulfonamides is 1. The zero-order valence-corrected chi connectivity index (χ0v) is 13.1. The van der Waals surface area contributed by atoms with Crippen LogP contribution in [-0.4, -0.2) is 20.2 Å². The molecule has 114 valence electrons. The summed E-state index contributed by atoms with van der Waals surface area (Å²) in [4.78, 5) is 12.6. The summed E-state index contributed by atoms with van der Waals surface area (Å²) in [5, 5.41) is 0. The fourth-order valence-corrected chi connectivity index (χ4v) is 3.91. The van der Waals surface area contributed by atoms with E-state index in [0.717, 1.165) is 11.1 Å². The molecule has 0 saturated heterocycles. The van der Waals surface area contributed by atoms with Gasteiger partial charge in [-0.25, -0.2) is 13.1 Å². The molecule has 22 heavy (non-hydrogen) atoms. The summed E-state index contributed by atoms with van der Waals surface area (Å²) in [6.07, 6.45) is 1.18. The Hall–Kier alpha value is -1.98. The van der Waals surface area contributed by atoms with E-state index < -0.39 is 16.1 Å². The molecular weight excluding hydrogens is 298 g/mol. The van der Waals surface area contributed by atoms with Crippen molar-refractivity contribution in [3.8, 4) is 0 Å². The number of benzene rings is 2. The van der Waals surface area contributed by atoms with Crippen molar-refractivity contribution in [1.82, 2.24) is 4.72 Å². The lowest BCUT2D eigenvalue weighted by Gasteiger charge is -2.24. The molecule has 0 aromatic heterocycles. The van der Waals surface area contributed by atoms with Crippen molar-refractivity contribution in [3.63, 3.8) is 0 Å². The maximum absolute atomic E-state index is 12.5. The van der Waals surface area contributed by atoms with E-state index in [1.54, 1.807) is 36.4 Å². The maximum Gasteiger partial charge on any atom is 0.241 e. The van der Waals surface area contributed by atoms with Gasteiger partial charge in [0, 0.05) is 5.56 Å². The van der Waals surface area contributed by atoms with Gasteiger partial charge >= 0.3 is 0 Å². The summed E-state index contributed by atoms with van der Waals surface area (Å²) < 4.78 is 27.4. The molecule has 0 saturated carbocycles. The van der Waals surface area contributed by atoms with Crippen LogP contribution < -0.4 is 4.72 Å². The highest BCUT2D eigenvalue weighted by Crippen LogP contribution is 2.22. The summed E-state index contributed by atoms with van der Waals surface area (Å²) in [7, 11) is -3.68. The monoisotopic (exact) mass is 315 g/mol. The molecule has 5 heteroatoms. The minimum Gasteiger partial charge on any atom is -0.292 e. The van der Waals surface area contributed by atoms with Crippen molar-refractivity contribution in [2.24, 2.45) is 0 Å². The summed E-state index contributed by atoms with van der Waals surface area (Å²) in [6.45, 7) is 1.89. The number of hydrogen-bond donors (Lipinski definition) is 1. The lowest BCUT2D eigenvalue weighted by molar-refractivity contribution is 0.0940. The first-order valence-electron chi connectivity index (χ1n) is 7.18. The second kappa shape index (κ2) is 5.66. The van der Waals surface area contributed by atoms with Crippen molar-refractivity contribution in [3.05, 3.63) is 65.2 Å². The largest absolute Gasteiger partial charge is 0.292 e. The first kappa shape index (κ1) is 14.9. The molecule has 1 aliphatic carbocycles. The van der Waals surface area contributed by atoms with E-state index in [0.29, 0.717) is 18.4 Å². The molecule has 0 aliphatic heterocycles. The fourth-order valence-electron chi connectivity index (χ4n) is 2.68. The van der Waals surface area contributed by atoms with Gasteiger partial charge in [-0.15, -0.1) is 0 Å². The van der Waals surface area contributed by atoms with Gasteiger partial charge < -0.3 is 0 Å². The Morgan fingerprint density at radius 3 is 2.45 bits per heavy atom. The maximum atomic E-state index is 12.5. The van der Waals surface area contributed by atoms with Crippen LogP contribution in [0.4, 0.5) is 0 Å². The van der Waals surface area contributed by atoms with Crippen molar-refractivity contribution in [1.29, 1.82) is 0 Å². The Morgan fingerprint density at radius 1 is 1.05 bits per heavy atom. The minimum absolute atomic E-state index is 0.155. The van der Waals surface area contributed by atoms with Gasteiger partial charge in [0.1, 0.15) is 0 Å². The predicted octanol–water partition coefficient (Wildman–Crippen LogP) is 2.47. The third-order valence-corrected chi connectivity index (χ3v) is 5.42. The predicted molar refractivity (Wildman–Crippen MR) is 84.4 cm³/mol. The first-order valence-corrected chi connectivity index (χ1v) is 8.67. The lowest BCUT2D eigenvalue weighted by Crippen LogP contribution is -2.43. The van der Waals surface area contributed by atoms with Crippen molar-refractivity contribution in [2.75, 3.05) is 0 Å². The zero-order chi connectivity index (χ0) is 15.7. The second-order valence-electron chi connectivity index (χ2n) is 5.55. The minimum atomic E-state index is -3.68. The normalized spacial score (nSPS) is 18.0. The van der Waals surface area contributed by atoms with Crippen LogP contribution in [-0.2, 0) is 16.4 Å². The van der Waals surface area contributed by atoms with E-state index in [2.05, 4.69) is 4.72 Å². The van der Waals surface area contributed by atoms with Crippen LogP contribution in [0.1, 0.15) is 27.9 Å². The van der Waals surface area contributed by atoms with Crippen LogP contribution in [0.2, 0.25) is 0 Å². The number of carbonyl (C=O) groups is 1. The summed E-state index contributed by atoms with van der Waals surface area (Å²) >= 11 is 0. The fraction of sp³-hybridized carbons (Fsp3) is 0.235. The molecule has 3 rings (SSSR count). The Balaban J connectivity index is 1.85. The number of hydrogen-bond acceptors (Lipinski definition) is 3. The van der Waals surface area contributed by atoms with Crippen LogP contribution in [0.15, 0.2) is 53.4 Å². The Bertz CT molecular complexity index is 810. The molecule has 0 amide bonds. The van der Waals surface area contributed by atoms with Crippen LogP contribution in [0.25, 0.3) is 0 Å². The van der Waals surface area contributed by atoms with Gasteiger partial charge in [0.15, 0.2) is 5.78 Å². The van der Waals surface area contributed by atoms with Gasteiger partial charge in [0.05, 0.1) is 10.9 Å². The molecule has 0 spiro atoms. The average molecular weight is 315 g/mol. The standard InChI is InChI=1S/C17H17NO3S/c1-12-6-9-14(10-7-12)22(20,21)18-16-11-8-13-4-2-3-5-15(13)17(16)19/h2-7,9-10,16,18H,8,11H2,1H3/t16-/m0/s1. The Morgan fingerprint density at radius 2 is 1.73 bits per heavy atom. The first-order chi connectivity index (χ1) is 10.5. The van der Waals surface area contributed by atoms with Gasteiger partial charge in [-0.05, 0) is 37.5 Å². The summed E-state index contributed by atoms with van der Waals surface area (Å²) in [6, 6.07) is 13.3. The van der Waals surface area contributed by atoms with Gasteiger partial charge in [-0.3, -0.25) is 4.79 Å². The molecular formula is C17H17NO3S. The number of ketones is 1. The van der Waals surface area contributed by atoms with Crippen molar-refractivity contribution >= 4 is 15.8 Å². The molecule has 1 atom stereocenters. The molecule has 0 bridgehead atoms. The zero-order valence-electron chi connectivity index (χ0n) is 12.2. The number of fused-ring (bicyclic) bond motifs is 1. The molecule has 0 heterocycles. The third kappa shape index (κ3) is 2.82. The average Bonchev–Trinajstić information content (AvgIpc) is 2.51. The highest BCUT2D eigenvalue weighted by atomic mass is 32.2. The molecule has 0 fully saturated rings. The quantitative estimate of drug-likeness (QED) is 0.946. The van der Waals surface area contributed by atoms with E-state index in [9.17, 15) is 13.2 Å². The molecule has 4 nitrogen and oxygen atoms in total. The molecule has 0 unspecified atom stereocenters. The van der Waals surface area contributed by atoms with Crippen LogP contribution in [0.3, 0.4) is 0 Å². The number of aryl methyl sites for hydroxylation is 2. The second-order valence-corrected chi connectivity index (χ2v) is 7.26. The van der Waals surface area contributed by atoms with E-state index in [4.69, 9.17) is 0 Å². The summed E-state index contributed by atoms with van der Waals surface area (Å²) in [5.74, 6) is -0.155. The third-order valence-electron chi connectivity index (χ3n) is 3.93. The summed E-state index contributed by atoms with van der Waals surface area (Å²) in [5.41, 5.74) is 2.59. The van der Waals surface area contributed by atoms with Crippen molar-refractivity contribution < 1.29 is 13.2 Å². The number of rotatable bonds is 3. The number of carbonyl (C=O) groups excluding carboxylic acids is 1. The number of nitrogens with one attached hydrogen (secondary N) is 1. The van der Waals surface area contributed by atoms with E-state index in [1.165, 1.54) is 0 Å². The Labute approximate surface area is 130 Å². The Kier molecular flexibility index (Phi) is 3.85. The highest BCUT2D eigenvalue weighted by molar-refractivity contribution is 7.89. The molecule has 1 N–H and O–H groups in total. The molecule has 0 radical (unpaired) electrons. The van der Waals surface area contributed by atoms with Crippen LogP contribution >= 0.6 is 0 Å². The van der Waals surface area contributed by atoms with Crippen LogP contribution in [0, 0.1) is 6.92 Å². The van der Waals surface area contributed by atoms with Gasteiger partial charge in [0.2, 0.25) is 10.0 Å². The highest BCUT2D eigenvalue weighted by Gasteiger charge is 2.30. The van der Waals surface area contributed by atoms with E-state index >= 15 is 0 Å².